The normalized spacial score (nSPS) is 19.4. The molecule has 0 bridgehead atoms. The monoisotopic (exact) mass is 184 g/mol. The molecule has 2 rings (SSSR count). The Bertz CT molecular complexity index is 301. The van der Waals surface area contributed by atoms with Gasteiger partial charge < -0.3 is 0 Å². The third-order valence-corrected chi connectivity index (χ3v) is 2.57. The van der Waals surface area contributed by atoms with Crippen LogP contribution >= 0.6 is 0 Å². The van der Waals surface area contributed by atoms with Gasteiger partial charge in [0.1, 0.15) is 0 Å². The fraction of sp³-hybridized carbons (Fsp3) is 0.286. The first-order chi connectivity index (χ1) is 6.95. The third kappa shape index (κ3) is 2.59. The smallest absolute Gasteiger partial charge is 0.0100 e. The minimum Gasteiger partial charge on any atom is -0.0838 e. The first-order valence-corrected chi connectivity index (χ1v) is 5.31. The molecule has 0 spiro atoms. The van der Waals surface area contributed by atoms with E-state index in [1.165, 1.54) is 11.1 Å². The maximum atomic E-state index is 2.29. The van der Waals surface area contributed by atoms with Crippen molar-refractivity contribution in [1.82, 2.24) is 0 Å². The van der Waals surface area contributed by atoms with Crippen molar-refractivity contribution in [2.24, 2.45) is 0 Å². The van der Waals surface area contributed by atoms with E-state index in [2.05, 4.69) is 48.6 Å². The summed E-state index contributed by atoms with van der Waals surface area (Å²) in [5.74, 6) is 0. The predicted molar refractivity (Wildman–Crippen MR) is 62.1 cm³/mol. The van der Waals surface area contributed by atoms with E-state index in [0.29, 0.717) is 0 Å². The molecule has 0 atom stereocenters. The van der Waals surface area contributed by atoms with Crippen molar-refractivity contribution in [3.8, 4) is 0 Å². The Morgan fingerprint density at radius 2 is 1.36 bits per heavy atom. The van der Waals surface area contributed by atoms with Crippen LogP contribution in [0.1, 0.15) is 25.7 Å². The minimum absolute atomic E-state index is 1.09. The number of hydrogen-bond acceptors (Lipinski definition) is 0. The van der Waals surface area contributed by atoms with Gasteiger partial charge in [0, 0.05) is 0 Å². The van der Waals surface area contributed by atoms with Gasteiger partial charge in [-0.25, -0.2) is 0 Å². The first kappa shape index (κ1) is 9.26. The first-order valence-electron chi connectivity index (χ1n) is 5.31. The van der Waals surface area contributed by atoms with Gasteiger partial charge in [0.2, 0.25) is 0 Å². The highest BCUT2D eigenvalue weighted by Gasteiger charge is 1.95. The highest BCUT2D eigenvalue weighted by molar-refractivity contribution is 5.30. The second-order valence-electron chi connectivity index (χ2n) is 3.71. The van der Waals surface area contributed by atoms with Crippen LogP contribution < -0.4 is 0 Å². The van der Waals surface area contributed by atoms with Gasteiger partial charge in [-0.3, -0.25) is 0 Å². The van der Waals surface area contributed by atoms with Crippen LogP contribution in [-0.2, 0) is 0 Å². The van der Waals surface area contributed by atoms with Crippen molar-refractivity contribution in [3.63, 3.8) is 0 Å². The van der Waals surface area contributed by atoms with Crippen LogP contribution in [0, 0.1) is 0 Å². The zero-order valence-corrected chi connectivity index (χ0v) is 8.45. The third-order valence-electron chi connectivity index (χ3n) is 2.57. The van der Waals surface area contributed by atoms with E-state index in [-0.39, 0.29) is 0 Å². The maximum absolute atomic E-state index is 2.29. The van der Waals surface area contributed by atoms with Crippen LogP contribution in [0.2, 0.25) is 0 Å². The molecule has 0 fully saturated rings. The second-order valence-corrected chi connectivity index (χ2v) is 3.71. The molecule has 0 unspecified atom stereocenters. The zero-order valence-electron chi connectivity index (χ0n) is 8.45. The summed E-state index contributed by atoms with van der Waals surface area (Å²) in [7, 11) is 0. The van der Waals surface area contributed by atoms with Crippen molar-refractivity contribution in [1.29, 1.82) is 0 Å². The van der Waals surface area contributed by atoms with Crippen LogP contribution in [0.25, 0.3) is 0 Å². The van der Waals surface area contributed by atoms with Gasteiger partial charge in [0.15, 0.2) is 0 Å². The number of rotatable bonds is 4. The lowest BCUT2D eigenvalue weighted by Crippen LogP contribution is -1.73. The Morgan fingerprint density at radius 3 is 1.71 bits per heavy atom. The molecule has 2 aliphatic carbocycles. The molecular formula is C14H16. The largest absolute Gasteiger partial charge is 0.0838 e. The highest BCUT2D eigenvalue weighted by Crippen LogP contribution is 2.15. The summed E-state index contributed by atoms with van der Waals surface area (Å²) in [6.45, 7) is 0. The van der Waals surface area contributed by atoms with E-state index in [0.717, 1.165) is 25.7 Å². The van der Waals surface area contributed by atoms with Crippen molar-refractivity contribution >= 4 is 0 Å². The maximum Gasteiger partial charge on any atom is -0.0100 e. The van der Waals surface area contributed by atoms with Crippen LogP contribution in [0.5, 0.6) is 0 Å². The molecule has 72 valence electrons. The molecule has 14 heavy (non-hydrogen) atoms. The lowest BCUT2D eigenvalue weighted by Gasteiger charge is -1.93. The lowest BCUT2D eigenvalue weighted by atomic mass is 10.1. The van der Waals surface area contributed by atoms with E-state index < -0.39 is 0 Å². The van der Waals surface area contributed by atoms with Gasteiger partial charge >= 0.3 is 0 Å². The van der Waals surface area contributed by atoms with Crippen LogP contribution in [0.3, 0.4) is 0 Å². The molecule has 0 aromatic rings. The summed E-state index contributed by atoms with van der Waals surface area (Å²) in [6, 6.07) is 0. The summed E-state index contributed by atoms with van der Waals surface area (Å²) in [6.07, 6.45) is 22.4. The standard InChI is InChI=1S/C14H16/c1-2-8-13(7-1)11-5-6-12-14-9-3-4-10-14/h1,3,5-10H,2,4,11-12H2/b6-5-. The summed E-state index contributed by atoms with van der Waals surface area (Å²) in [4.78, 5) is 0. The Morgan fingerprint density at radius 1 is 0.857 bits per heavy atom. The van der Waals surface area contributed by atoms with Crippen molar-refractivity contribution in [3.05, 3.63) is 59.8 Å². The van der Waals surface area contributed by atoms with E-state index in [1.807, 2.05) is 0 Å². The van der Waals surface area contributed by atoms with E-state index in [4.69, 9.17) is 0 Å². The molecule has 0 radical (unpaired) electrons. The van der Waals surface area contributed by atoms with Crippen molar-refractivity contribution in [2.75, 3.05) is 0 Å². The Hall–Kier alpha value is -1.30. The molecule has 0 saturated carbocycles. The quantitative estimate of drug-likeness (QED) is 0.577. The SMILES string of the molecule is C1=CC(C/C=C\CC2=CCC=C2)=CC1. The average molecular weight is 184 g/mol. The molecule has 0 nitrogen and oxygen atoms in total. The molecule has 0 N–H and O–H groups in total. The topological polar surface area (TPSA) is 0 Å². The van der Waals surface area contributed by atoms with Gasteiger partial charge in [-0.1, -0.05) is 48.6 Å². The molecule has 0 saturated heterocycles. The van der Waals surface area contributed by atoms with Crippen molar-refractivity contribution in [2.45, 2.75) is 25.7 Å². The molecular weight excluding hydrogens is 168 g/mol. The summed E-state index contributed by atoms with van der Waals surface area (Å²) in [5.41, 5.74) is 2.91. The molecule has 0 aromatic carbocycles. The number of hydrogen-bond donors (Lipinski definition) is 0. The fourth-order valence-corrected chi connectivity index (χ4v) is 1.76. The van der Waals surface area contributed by atoms with Crippen LogP contribution in [0.15, 0.2) is 59.8 Å². The van der Waals surface area contributed by atoms with E-state index in [1.54, 1.807) is 0 Å². The van der Waals surface area contributed by atoms with E-state index in [9.17, 15) is 0 Å². The number of allylic oxidation sites excluding steroid dienone is 10. The lowest BCUT2D eigenvalue weighted by molar-refractivity contribution is 1.22. The van der Waals surface area contributed by atoms with Crippen LogP contribution in [0.4, 0.5) is 0 Å². The molecule has 0 aliphatic heterocycles. The predicted octanol–water partition coefficient (Wildman–Crippen LogP) is 4.10. The summed E-state index contributed by atoms with van der Waals surface area (Å²) < 4.78 is 0. The molecule has 0 aromatic heterocycles. The molecule has 2 aliphatic rings. The Balaban J connectivity index is 1.72. The zero-order chi connectivity index (χ0) is 9.64. The van der Waals surface area contributed by atoms with Gasteiger partial charge in [-0.2, -0.15) is 0 Å². The van der Waals surface area contributed by atoms with E-state index >= 15 is 0 Å². The molecule has 0 heteroatoms. The fourth-order valence-electron chi connectivity index (χ4n) is 1.76. The summed E-state index contributed by atoms with van der Waals surface area (Å²) >= 11 is 0. The summed E-state index contributed by atoms with van der Waals surface area (Å²) in [5, 5.41) is 0. The van der Waals surface area contributed by atoms with Gasteiger partial charge in [0.05, 0.1) is 0 Å². The van der Waals surface area contributed by atoms with Gasteiger partial charge in [0.25, 0.3) is 0 Å². The average Bonchev–Trinajstić information content (AvgIpc) is 2.86. The second kappa shape index (κ2) is 4.80. The molecule has 0 amide bonds. The highest BCUT2D eigenvalue weighted by atomic mass is 14.0. The Kier molecular flexibility index (Phi) is 3.18. The van der Waals surface area contributed by atoms with Gasteiger partial charge in [-0.05, 0) is 36.8 Å². The van der Waals surface area contributed by atoms with Crippen LogP contribution in [-0.4, -0.2) is 0 Å². The van der Waals surface area contributed by atoms with Crippen molar-refractivity contribution < 1.29 is 0 Å². The van der Waals surface area contributed by atoms with Gasteiger partial charge in [-0.15, -0.1) is 0 Å². The Labute approximate surface area is 86.0 Å². The molecule has 0 heterocycles. The minimum atomic E-state index is 1.09.